The number of hydrogen-bond donors (Lipinski definition) is 1. The van der Waals surface area contributed by atoms with Crippen molar-refractivity contribution >= 4 is 0 Å². The third kappa shape index (κ3) is 2.12. The summed E-state index contributed by atoms with van der Waals surface area (Å²) in [7, 11) is 1.43. The standard InChI is InChI=1S/C11H14FNO/c1-3-5-10(13)8-6-4-7-9(12)11(8)14-2/h3-4,6-7,10H,1,5,13H2,2H3/t10-/m1/s1. The molecule has 2 nitrogen and oxygen atoms in total. The third-order valence-corrected chi connectivity index (χ3v) is 2.02. The van der Waals surface area contributed by atoms with Gasteiger partial charge in [0.15, 0.2) is 11.6 Å². The quantitative estimate of drug-likeness (QED) is 0.749. The third-order valence-electron chi connectivity index (χ3n) is 2.02. The summed E-state index contributed by atoms with van der Waals surface area (Å²) in [4.78, 5) is 0. The molecule has 0 saturated carbocycles. The summed E-state index contributed by atoms with van der Waals surface area (Å²) in [6.45, 7) is 3.59. The molecule has 1 aromatic rings. The maximum atomic E-state index is 13.2. The van der Waals surface area contributed by atoms with E-state index in [0.29, 0.717) is 12.0 Å². The number of methoxy groups -OCH3 is 1. The van der Waals surface area contributed by atoms with Crippen LogP contribution in [-0.4, -0.2) is 7.11 Å². The van der Waals surface area contributed by atoms with Crippen molar-refractivity contribution in [2.24, 2.45) is 5.73 Å². The van der Waals surface area contributed by atoms with Crippen LogP contribution in [0.1, 0.15) is 18.0 Å². The van der Waals surface area contributed by atoms with E-state index in [1.54, 1.807) is 18.2 Å². The maximum absolute atomic E-state index is 13.2. The number of para-hydroxylation sites is 1. The minimum Gasteiger partial charge on any atom is -0.493 e. The van der Waals surface area contributed by atoms with Crippen molar-refractivity contribution in [3.63, 3.8) is 0 Å². The number of benzene rings is 1. The molecule has 0 amide bonds. The normalized spacial score (nSPS) is 12.2. The second kappa shape index (κ2) is 4.77. The zero-order valence-electron chi connectivity index (χ0n) is 8.16. The Balaban J connectivity index is 3.06. The lowest BCUT2D eigenvalue weighted by Crippen LogP contribution is -2.11. The molecule has 3 heteroatoms. The summed E-state index contributed by atoms with van der Waals surface area (Å²) in [6.07, 6.45) is 2.30. The van der Waals surface area contributed by atoms with Crippen LogP contribution in [0.15, 0.2) is 30.9 Å². The van der Waals surface area contributed by atoms with Gasteiger partial charge in [0.1, 0.15) is 0 Å². The van der Waals surface area contributed by atoms with Crippen molar-refractivity contribution in [3.8, 4) is 5.75 Å². The van der Waals surface area contributed by atoms with E-state index < -0.39 is 0 Å². The lowest BCUT2D eigenvalue weighted by Gasteiger charge is -2.14. The first-order valence-corrected chi connectivity index (χ1v) is 4.39. The van der Waals surface area contributed by atoms with Gasteiger partial charge in [-0.05, 0) is 12.5 Å². The monoisotopic (exact) mass is 195 g/mol. The Kier molecular flexibility index (Phi) is 3.65. The highest BCUT2D eigenvalue weighted by Crippen LogP contribution is 2.28. The van der Waals surface area contributed by atoms with Gasteiger partial charge in [-0.2, -0.15) is 0 Å². The molecular formula is C11H14FNO. The summed E-state index contributed by atoms with van der Waals surface area (Å²) in [5.41, 5.74) is 6.51. The lowest BCUT2D eigenvalue weighted by molar-refractivity contribution is 0.378. The molecule has 0 unspecified atom stereocenters. The van der Waals surface area contributed by atoms with Crippen molar-refractivity contribution in [2.45, 2.75) is 12.5 Å². The highest BCUT2D eigenvalue weighted by molar-refractivity contribution is 5.37. The van der Waals surface area contributed by atoms with Crippen LogP contribution in [0, 0.1) is 5.82 Å². The van der Waals surface area contributed by atoms with Crippen molar-refractivity contribution in [1.29, 1.82) is 0 Å². The number of rotatable bonds is 4. The smallest absolute Gasteiger partial charge is 0.165 e. The SMILES string of the molecule is C=CC[C@@H](N)c1cccc(F)c1OC. The summed E-state index contributed by atoms with van der Waals surface area (Å²) >= 11 is 0. The van der Waals surface area contributed by atoms with Crippen LogP contribution in [0.2, 0.25) is 0 Å². The first kappa shape index (κ1) is 10.7. The minimum absolute atomic E-state index is 0.224. The van der Waals surface area contributed by atoms with Crippen LogP contribution in [0.4, 0.5) is 4.39 Å². The van der Waals surface area contributed by atoms with Gasteiger partial charge in [-0.3, -0.25) is 0 Å². The Morgan fingerprint density at radius 3 is 2.93 bits per heavy atom. The van der Waals surface area contributed by atoms with Crippen LogP contribution in [0.3, 0.4) is 0 Å². The highest BCUT2D eigenvalue weighted by Gasteiger charge is 2.13. The van der Waals surface area contributed by atoms with Crippen LogP contribution >= 0.6 is 0 Å². The summed E-state index contributed by atoms with van der Waals surface area (Å²) in [5.74, 6) is -0.161. The van der Waals surface area contributed by atoms with Crippen molar-refractivity contribution in [3.05, 3.63) is 42.2 Å². The minimum atomic E-state index is -0.385. The van der Waals surface area contributed by atoms with Gasteiger partial charge in [0.2, 0.25) is 0 Å². The summed E-state index contributed by atoms with van der Waals surface area (Å²) in [5, 5.41) is 0. The predicted octanol–water partition coefficient (Wildman–Crippen LogP) is 2.41. The zero-order chi connectivity index (χ0) is 10.6. The first-order chi connectivity index (χ1) is 6.70. The fourth-order valence-corrected chi connectivity index (χ4v) is 1.34. The maximum Gasteiger partial charge on any atom is 0.165 e. The number of halogens is 1. The lowest BCUT2D eigenvalue weighted by atomic mass is 10.0. The number of nitrogens with two attached hydrogens (primary N) is 1. The summed E-state index contributed by atoms with van der Waals surface area (Å²) in [6, 6.07) is 4.47. The van der Waals surface area contributed by atoms with Gasteiger partial charge < -0.3 is 10.5 Å². The van der Waals surface area contributed by atoms with Crippen LogP contribution in [-0.2, 0) is 0 Å². The van der Waals surface area contributed by atoms with Gasteiger partial charge in [-0.25, -0.2) is 4.39 Å². The Bertz CT molecular complexity index is 325. The van der Waals surface area contributed by atoms with E-state index in [1.165, 1.54) is 13.2 Å². The average molecular weight is 195 g/mol. The van der Waals surface area contributed by atoms with E-state index in [1.807, 2.05) is 0 Å². The first-order valence-electron chi connectivity index (χ1n) is 4.39. The largest absolute Gasteiger partial charge is 0.493 e. The Morgan fingerprint density at radius 2 is 2.36 bits per heavy atom. The topological polar surface area (TPSA) is 35.2 Å². The van der Waals surface area contributed by atoms with Crippen molar-refractivity contribution < 1.29 is 9.13 Å². The highest BCUT2D eigenvalue weighted by atomic mass is 19.1. The van der Waals surface area contributed by atoms with E-state index >= 15 is 0 Å². The average Bonchev–Trinajstić information content (AvgIpc) is 2.17. The molecule has 0 radical (unpaired) electrons. The van der Waals surface area contributed by atoms with Gasteiger partial charge in [-0.15, -0.1) is 6.58 Å². The molecule has 0 spiro atoms. The molecule has 14 heavy (non-hydrogen) atoms. The van der Waals surface area contributed by atoms with E-state index in [0.717, 1.165) is 0 Å². The molecule has 0 aromatic heterocycles. The van der Waals surface area contributed by atoms with Gasteiger partial charge in [0.25, 0.3) is 0 Å². The molecular weight excluding hydrogens is 181 g/mol. The molecule has 0 fully saturated rings. The molecule has 0 bridgehead atoms. The van der Waals surface area contributed by atoms with Gasteiger partial charge in [0, 0.05) is 11.6 Å². The zero-order valence-corrected chi connectivity index (χ0v) is 8.16. The molecule has 1 atom stereocenters. The van der Waals surface area contributed by atoms with E-state index in [9.17, 15) is 4.39 Å². The molecule has 2 N–H and O–H groups in total. The molecule has 0 aliphatic rings. The fraction of sp³-hybridized carbons (Fsp3) is 0.273. The number of hydrogen-bond acceptors (Lipinski definition) is 2. The van der Waals surface area contributed by atoms with E-state index in [2.05, 4.69) is 6.58 Å². The molecule has 0 aliphatic heterocycles. The van der Waals surface area contributed by atoms with Crippen molar-refractivity contribution in [2.75, 3.05) is 7.11 Å². The molecule has 76 valence electrons. The Hall–Kier alpha value is -1.35. The van der Waals surface area contributed by atoms with Crippen LogP contribution < -0.4 is 10.5 Å². The molecule has 1 aromatic carbocycles. The second-order valence-electron chi connectivity index (χ2n) is 2.99. The fourth-order valence-electron chi connectivity index (χ4n) is 1.34. The second-order valence-corrected chi connectivity index (χ2v) is 2.99. The number of ether oxygens (including phenoxy) is 1. The molecule has 0 aliphatic carbocycles. The van der Waals surface area contributed by atoms with Gasteiger partial charge in [0.05, 0.1) is 7.11 Å². The Morgan fingerprint density at radius 1 is 1.64 bits per heavy atom. The Labute approximate surface area is 83.2 Å². The van der Waals surface area contributed by atoms with Gasteiger partial charge in [-0.1, -0.05) is 18.2 Å². The molecule has 0 heterocycles. The van der Waals surface area contributed by atoms with Gasteiger partial charge >= 0.3 is 0 Å². The molecule has 1 rings (SSSR count). The van der Waals surface area contributed by atoms with Crippen molar-refractivity contribution in [1.82, 2.24) is 0 Å². The van der Waals surface area contributed by atoms with E-state index in [4.69, 9.17) is 10.5 Å². The van der Waals surface area contributed by atoms with E-state index in [-0.39, 0.29) is 17.6 Å². The van der Waals surface area contributed by atoms with Crippen LogP contribution in [0.5, 0.6) is 5.75 Å². The van der Waals surface area contributed by atoms with Crippen LogP contribution in [0.25, 0.3) is 0 Å². The predicted molar refractivity (Wildman–Crippen MR) is 54.7 cm³/mol. The summed E-state index contributed by atoms with van der Waals surface area (Å²) < 4.78 is 18.2. The molecule has 0 saturated heterocycles.